The molecule has 1 saturated carbocycles. The molecule has 1 spiro atoms. The van der Waals surface area contributed by atoms with E-state index in [1.165, 1.54) is 23.8 Å². The lowest BCUT2D eigenvalue weighted by molar-refractivity contribution is -0.144. The Bertz CT molecular complexity index is 2170. The number of carbonyl (C=O) groups is 3. The third-order valence-electron chi connectivity index (χ3n) is 13.4. The van der Waals surface area contributed by atoms with E-state index in [4.69, 9.17) is 25.8 Å². The van der Waals surface area contributed by atoms with Crippen molar-refractivity contribution >= 4 is 35.1 Å². The van der Waals surface area contributed by atoms with E-state index in [1.807, 2.05) is 60.8 Å². The lowest BCUT2D eigenvalue weighted by Crippen LogP contribution is -2.53. The zero-order chi connectivity index (χ0) is 43.1. The van der Waals surface area contributed by atoms with E-state index in [0.29, 0.717) is 54.7 Å². The van der Waals surface area contributed by atoms with Crippen molar-refractivity contribution in [2.24, 2.45) is 11.8 Å². The van der Waals surface area contributed by atoms with E-state index >= 15 is 0 Å². The predicted molar refractivity (Wildman–Crippen MR) is 235 cm³/mol. The summed E-state index contributed by atoms with van der Waals surface area (Å²) in [6.45, 7) is 5.15. The second-order valence-corrected chi connectivity index (χ2v) is 18.0. The second kappa shape index (κ2) is 19.3. The fourth-order valence-corrected chi connectivity index (χ4v) is 10.3. The molecule has 2 unspecified atom stereocenters. The fourth-order valence-electron chi connectivity index (χ4n) is 10.1. The van der Waals surface area contributed by atoms with Gasteiger partial charge in [0, 0.05) is 41.7 Å². The van der Waals surface area contributed by atoms with E-state index < -0.39 is 35.5 Å². The minimum absolute atomic E-state index is 0.0763. The Morgan fingerprint density at radius 2 is 1.74 bits per heavy atom. The number of amides is 1. The van der Waals surface area contributed by atoms with Gasteiger partial charge in [0.2, 0.25) is 5.91 Å². The van der Waals surface area contributed by atoms with E-state index in [2.05, 4.69) is 41.6 Å². The minimum Gasteiger partial charge on any atom is -0.493 e. The summed E-state index contributed by atoms with van der Waals surface area (Å²) in [5.74, 6) is 0.0210. The topological polar surface area (TPSA) is 156 Å². The number of nitrogens with one attached hydrogen (secondary N) is 2. The van der Waals surface area contributed by atoms with E-state index in [9.17, 15) is 24.6 Å². The zero-order valence-corrected chi connectivity index (χ0v) is 36.1. The van der Waals surface area contributed by atoms with Crippen LogP contribution in [0.25, 0.3) is 0 Å². The van der Waals surface area contributed by atoms with E-state index in [-0.39, 0.29) is 36.7 Å². The SMILES string of the molecule is COC(COc1ccc2c(c1)C1(CCC(Nc3cccc(Cl)c3)(C(=O)O)CC1)C(C[C@@H](C)COc1ccnc3c1[C@H](C)CCC3)C2)CC(=O)N[C@H](Cc1ccccc1)C(=O)O. The van der Waals surface area contributed by atoms with Gasteiger partial charge < -0.3 is 35.1 Å². The maximum atomic E-state index is 13.1. The molecular formula is C49H58ClN3O8. The lowest BCUT2D eigenvalue weighted by atomic mass is 9.59. The van der Waals surface area contributed by atoms with Crippen LogP contribution in [0.2, 0.25) is 5.02 Å². The number of hydrogen-bond acceptors (Lipinski definition) is 8. The number of ether oxygens (including phenoxy) is 3. The van der Waals surface area contributed by atoms with Crippen LogP contribution in [-0.2, 0) is 43.8 Å². The Balaban J connectivity index is 1.07. The molecule has 0 radical (unpaired) electrons. The molecule has 1 amide bonds. The second-order valence-electron chi connectivity index (χ2n) is 17.5. The molecule has 0 aliphatic heterocycles. The number of nitrogens with zero attached hydrogens (tertiary/aromatic N) is 1. The first kappa shape index (κ1) is 43.9. The van der Waals surface area contributed by atoms with Crippen molar-refractivity contribution < 1.29 is 38.8 Å². The summed E-state index contributed by atoms with van der Waals surface area (Å²) < 4.78 is 18.6. The Labute approximate surface area is 363 Å². The molecule has 1 fully saturated rings. The van der Waals surface area contributed by atoms with Gasteiger partial charge in [-0.1, -0.05) is 67.9 Å². The van der Waals surface area contributed by atoms with Crippen molar-refractivity contribution in [3.05, 3.63) is 118 Å². The van der Waals surface area contributed by atoms with Gasteiger partial charge in [0.1, 0.15) is 29.7 Å². The number of rotatable bonds is 18. The number of pyridine rings is 1. The zero-order valence-electron chi connectivity index (χ0n) is 35.3. The van der Waals surface area contributed by atoms with E-state index in [0.717, 1.165) is 49.1 Å². The maximum Gasteiger partial charge on any atom is 0.329 e. The third-order valence-corrected chi connectivity index (χ3v) is 13.6. The molecule has 3 aliphatic carbocycles. The van der Waals surface area contributed by atoms with Gasteiger partial charge in [-0.15, -0.1) is 0 Å². The smallest absolute Gasteiger partial charge is 0.329 e. The molecule has 3 aromatic carbocycles. The first-order valence-corrected chi connectivity index (χ1v) is 22.0. The number of aryl methyl sites for hydroxylation is 1. The molecule has 324 valence electrons. The standard InChI is InChI=1S/C49H58ClN3O8/c1-31(29-61-43-17-22-51-41-14-7-9-32(2)45(41)43)23-35-25-34-15-16-38(60-30-39(59-3)28-44(54)52-42(46(55)56)24-33-10-5-4-6-11-33)27-40(34)48(35)18-20-49(21-19-48,47(57)58)53-37-13-8-12-36(50)26-37/h4-6,8,10-13,15-17,22,26-27,31-32,35,39,42,53H,7,9,14,18-21,23-25,28-30H2,1-3H3,(H,52,54)(H,55,56)(H,57,58)/t31-,32-,35?,39?,42-,48?,49?/m1/s1. The van der Waals surface area contributed by atoms with Gasteiger partial charge in [-0.2, -0.15) is 0 Å². The minimum atomic E-state index is -1.16. The van der Waals surface area contributed by atoms with Crippen LogP contribution in [0.3, 0.4) is 0 Å². The van der Waals surface area contributed by atoms with Gasteiger partial charge in [0.05, 0.1) is 19.1 Å². The molecular weight excluding hydrogens is 794 g/mol. The highest BCUT2D eigenvalue weighted by atomic mass is 35.5. The molecule has 7 rings (SSSR count). The molecule has 1 heterocycles. The van der Waals surface area contributed by atoms with Crippen molar-refractivity contribution in [2.75, 3.05) is 25.6 Å². The first-order chi connectivity index (χ1) is 29.4. The number of halogens is 1. The Morgan fingerprint density at radius 1 is 0.951 bits per heavy atom. The van der Waals surface area contributed by atoms with Crippen LogP contribution in [0.15, 0.2) is 85.1 Å². The average Bonchev–Trinajstić information content (AvgIpc) is 3.53. The Hall–Kier alpha value is -5.13. The van der Waals surface area contributed by atoms with Crippen LogP contribution in [-0.4, -0.2) is 71.1 Å². The number of anilines is 1. The summed E-state index contributed by atoms with van der Waals surface area (Å²) >= 11 is 6.31. The number of carbonyl (C=O) groups excluding carboxylic acids is 1. The number of carboxylic acid groups (broad SMARTS) is 2. The summed E-state index contributed by atoms with van der Waals surface area (Å²) in [4.78, 5) is 42.8. The largest absolute Gasteiger partial charge is 0.493 e. The molecule has 3 aliphatic rings. The van der Waals surface area contributed by atoms with Crippen molar-refractivity contribution in [3.8, 4) is 11.5 Å². The van der Waals surface area contributed by atoms with Crippen LogP contribution in [0, 0.1) is 11.8 Å². The number of benzene rings is 3. The van der Waals surface area contributed by atoms with Crippen LogP contribution in [0.4, 0.5) is 5.69 Å². The maximum absolute atomic E-state index is 13.1. The molecule has 1 aromatic heterocycles. The Morgan fingerprint density at radius 3 is 2.46 bits per heavy atom. The molecule has 4 N–H and O–H groups in total. The number of aromatic nitrogens is 1. The van der Waals surface area contributed by atoms with Crippen LogP contribution in [0.5, 0.6) is 11.5 Å². The molecule has 12 heteroatoms. The van der Waals surface area contributed by atoms with Crippen molar-refractivity contribution in [1.29, 1.82) is 0 Å². The van der Waals surface area contributed by atoms with Gasteiger partial charge in [0.15, 0.2) is 0 Å². The third kappa shape index (κ3) is 10.2. The summed E-state index contributed by atoms with van der Waals surface area (Å²) in [6, 6.07) is 23.5. The predicted octanol–water partition coefficient (Wildman–Crippen LogP) is 8.80. The summed E-state index contributed by atoms with van der Waals surface area (Å²) in [6.07, 6.45) is 8.49. The number of hydrogen-bond donors (Lipinski definition) is 4. The molecule has 0 bridgehead atoms. The summed E-state index contributed by atoms with van der Waals surface area (Å²) in [7, 11) is 1.51. The monoisotopic (exact) mass is 851 g/mol. The summed E-state index contributed by atoms with van der Waals surface area (Å²) in [5, 5.41) is 27.1. The molecule has 5 atom stereocenters. The van der Waals surface area contributed by atoms with Gasteiger partial charge in [-0.05, 0) is 134 Å². The highest BCUT2D eigenvalue weighted by Gasteiger charge is 2.54. The van der Waals surface area contributed by atoms with Crippen molar-refractivity contribution in [1.82, 2.24) is 10.3 Å². The number of methoxy groups -OCH3 is 1. The number of aliphatic carboxylic acids is 2. The molecule has 0 saturated heterocycles. The average molecular weight is 852 g/mol. The fraction of sp³-hybridized carbons (Fsp3) is 0.469. The van der Waals surface area contributed by atoms with Gasteiger partial charge >= 0.3 is 11.9 Å². The highest BCUT2D eigenvalue weighted by molar-refractivity contribution is 6.30. The molecule has 61 heavy (non-hydrogen) atoms. The van der Waals surface area contributed by atoms with Gasteiger partial charge in [-0.3, -0.25) is 9.78 Å². The Kier molecular flexibility index (Phi) is 13.9. The van der Waals surface area contributed by atoms with Crippen molar-refractivity contribution in [3.63, 3.8) is 0 Å². The van der Waals surface area contributed by atoms with Gasteiger partial charge in [0.25, 0.3) is 0 Å². The van der Waals surface area contributed by atoms with Crippen molar-refractivity contribution in [2.45, 2.75) is 113 Å². The number of carboxylic acids is 2. The summed E-state index contributed by atoms with van der Waals surface area (Å²) in [5.41, 5.74) is 4.83. The first-order valence-electron chi connectivity index (χ1n) is 21.6. The lowest BCUT2D eigenvalue weighted by Gasteiger charge is -2.47. The normalized spacial score (nSPS) is 23.2. The number of fused-ring (bicyclic) bond motifs is 3. The van der Waals surface area contributed by atoms with Crippen LogP contribution in [0.1, 0.15) is 99.1 Å². The van der Waals surface area contributed by atoms with Crippen LogP contribution >= 0.6 is 11.6 Å². The molecule has 4 aromatic rings. The van der Waals surface area contributed by atoms with E-state index in [1.54, 1.807) is 12.1 Å². The highest BCUT2D eigenvalue weighted by Crippen LogP contribution is 2.57. The molecule has 11 nitrogen and oxygen atoms in total. The van der Waals surface area contributed by atoms with Gasteiger partial charge in [-0.25, -0.2) is 9.59 Å². The van der Waals surface area contributed by atoms with Crippen LogP contribution < -0.4 is 20.1 Å². The quantitative estimate of drug-likeness (QED) is 0.0763.